The van der Waals surface area contributed by atoms with E-state index in [0.29, 0.717) is 0 Å². The second kappa shape index (κ2) is 6.00. The molecule has 0 unspecified atom stereocenters. The molecule has 0 radical (unpaired) electrons. The van der Waals surface area contributed by atoms with Gasteiger partial charge in [-0.25, -0.2) is 0 Å². The van der Waals surface area contributed by atoms with Crippen molar-refractivity contribution in [2.24, 2.45) is 0 Å². The summed E-state index contributed by atoms with van der Waals surface area (Å²) in [4.78, 5) is 0. The van der Waals surface area contributed by atoms with Gasteiger partial charge in [0, 0.05) is 12.1 Å². The van der Waals surface area contributed by atoms with Gasteiger partial charge in [0.2, 0.25) is 46.1 Å². The number of nitrogens with zero attached hydrogens (tertiary/aromatic N) is 2. The number of benzene rings is 1. The minimum Gasteiger partial charge on any atom is 0.0293 e. The van der Waals surface area contributed by atoms with Crippen molar-refractivity contribution in [1.29, 1.82) is 0 Å². The first kappa shape index (κ1) is 24.5. The van der Waals surface area contributed by atoms with Crippen molar-refractivity contribution in [1.82, 2.24) is 7.53 Å². The number of hydrogen-bond acceptors (Lipinski definition) is 4. The van der Waals surface area contributed by atoms with Crippen LogP contribution in [-0.4, -0.2) is 46.5 Å². The molecule has 3 rings (SSSR count). The zero-order valence-electron chi connectivity index (χ0n) is 11.1. The number of halogens is 12. The van der Waals surface area contributed by atoms with Gasteiger partial charge < -0.3 is 0 Å². The fourth-order valence-corrected chi connectivity index (χ4v) is 4.46. The van der Waals surface area contributed by atoms with Crippen LogP contribution >= 0.6 is 46.1 Å². The van der Waals surface area contributed by atoms with Gasteiger partial charge in [0.05, 0.1) is 7.53 Å². The van der Waals surface area contributed by atoms with Gasteiger partial charge >= 0.3 is 72.7 Å². The number of aromatic nitrogens is 2. The molecule has 0 saturated heterocycles. The summed E-state index contributed by atoms with van der Waals surface area (Å²) in [7, 11) is 0. The molecule has 0 aliphatic heterocycles. The Morgan fingerprint density at radius 2 is 0.846 bits per heavy atom. The third-order valence-corrected chi connectivity index (χ3v) is 5.14. The smallest absolute Gasteiger partial charge is 0.0293 e. The molecule has 0 amide bonds. The van der Waals surface area contributed by atoms with E-state index in [-0.39, 0.29) is 0 Å². The van der Waals surface area contributed by atoms with E-state index in [1.54, 1.807) is 46.1 Å². The van der Waals surface area contributed by atoms with Gasteiger partial charge in [0.15, 0.2) is 18.8 Å². The number of rotatable bonds is 0. The van der Waals surface area contributed by atoms with E-state index in [1.807, 2.05) is 0 Å². The van der Waals surface area contributed by atoms with Crippen LogP contribution in [0.1, 0.15) is 0 Å². The molecular formula is C6H2F12N2S4Sb2. The van der Waals surface area contributed by atoms with Gasteiger partial charge in [-0.2, -0.15) is 0 Å². The monoisotopic (exact) mass is 700 g/mol. The molecule has 0 N–H and O–H groups in total. The van der Waals surface area contributed by atoms with Crippen molar-refractivity contribution in [3.8, 4) is 0 Å². The Kier molecular flexibility index (Phi) is 5.66. The Balaban J connectivity index is 0.000000212. The van der Waals surface area contributed by atoms with Crippen LogP contribution in [0, 0.1) is 0 Å². The molecule has 0 aliphatic rings. The molecule has 0 atom stereocenters. The summed E-state index contributed by atoms with van der Waals surface area (Å²) in [5, 5.41) is 0. The average Bonchev–Trinajstić information content (AvgIpc) is 2.82. The van der Waals surface area contributed by atoms with E-state index < -0.39 is 39.0 Å². The Morgan fingerprint density at radius 3 is 1.12 bits per heavy atom. The first-order chi connectivity index (χ1) is 10.8. The molecule has 0 fully saturated rings. The summed E-state index contributed by atoms with van der Waals surface area (Å²) in [5.41, 5.74) is 0. The van der Waals surface area contributed by atoms with Crippen LogP contribution < -0.4 is 0 Å². The predicted molar refractivity (Wildman–Crippen MR) is 82.2 cm³/mol. The average molecular weight is 702 g/mol. The van der Waals surface area contributed by atoms with Gasteiger partial charge in [0.25, 0.3) is 0 Å². The van der Waals surface area contributed by atoms with Gasteiger partial charge in [-0.3, -0.25) is 0 Å². The van der Waals surface area contributed by atoms with Crippen molar-refractivity contribution >= 4 is 104 Å². The summed E-state index contributed by atoms with van der Waals surface area (Å²) in [6, 6.07) is 4.35. The van der Waals surface area contributed by atoms with Gasteiger partial charge in [-0.15, -0.1) is 0 Å². The second-order valence-electron chi connectivity index (χ2n) is 4.18. The van der Waals surface area contributed by atoms with Crippen molar-refractivity contribution in [2.75, 3.05) is 0 Å². The zero-order valence-corrected chi connectivity index (χ0v) is 19.5. The van der Waals surface area contributed by atoms with Crippen molar-refractivity contribution in [3.63, 3.8) is 0 Å². The third kappa shape index (κ3) is 16.7. The maximum atomic E-state index is 9.93. The Hall–Kier alpha value is 0.496. The first-order valence-electron chi connectivity index (χ1n) is 5.23. The summed E-state index contributed by atoms with van der Waals surface area (Å²) in [6.07, 6.45) is 0. The first-order valence-corrected chi connectivity index (χ1v) is 19.9. The predicted octanol–water partition coefficient (Wildman–Crippen LogP) is 7.87. The van der Waals surface area contributed by atoms with Crippen LogP contribution in [0.3, 0.4) is 0 Å². The van der Waals surface area contributed by atoms with Crippen LogP contribution in [0.4, 0.5) is 33.8 Å². The van der Waals surface area contributed by atoms with E-state index in [1.165, 1.54) is 18.8 Å². The number of hydrogen-bond donors (Lipinski definition) is 0. The minimum atomic E-state index is -11.2. The minimum absolute atomic E-state index is 1.27. The molecule has 154 valence electrons. The van der Waals surface area contributed by atoms with E-state index >= 15 is 0 Å². The van der Waals surface area contributed by atoms with Crippen molar-refractivity contribution in [3.05, 3.63) is 12.1 Å². The molecule has 2 aromatic heterocycles. The van der Waals surface area contributed by atoms with Crippen LogP contribution in [0.15, 0.2) is 12.1 Å². The molecule has 0 bridgehead atoms. The summed E-state index contributed by atoms with van der Waals surface area (Å²) in [6.45, 7) is 0. The molecule has 0 aliphatic carbocycles. The molecular weight excluding hydrogens is 700 g/mol. The van der Waals surface area contributed by atoms with Gasteiger partial charge in [-0.1, -0.05) is 0 Å². The SMILES string of the molecule is [F][Sb-]([F])([F])([F])([F])[F].[F][Sb-]([F])([F])([F])([F])[F].c1c2sn[s+]c2cc2[s+]nsc12. The largest absolute Gasteiger partial charge is 0.209 e. The van der Waals surface area contributed by atoms with Crippen LogP contribution in [0.25, 0.3) is 18.8 Å². The third-order valence-electron chi connectivity index (χ3n) is 1.55. The van der Waals surface area contributed by atoms with Crippen molar-refractivity contribution in [2.45, 2.75) is 0 Å². The van der Waals surface area contributed by atoms with E-state index in [4.69, 9.17) is 0 Å². The molecule has 0 saturated carbocycles. The standard InChI is InChI=1S/C6H2N2S4.12FH.2Sb/c1-3-5(11-7-9-3)2-6-4(1)10-8-12-6;;;;;;;;;;;;;;/h1-2H;12*1H;;/q+2;;;;;;;;;;;;;2*+5/p-12. The molecule has 1 aromatic carbocycles. The molecule has 0 spiro atoms. The Labute approximate surface area is 156 Å². The Bertz CT molecular complexity index is 784. The van der Waals surface area contributed by atoms with Crippen LogP contribution in [0.2, 0.25) is 0 Å². The van der Waals surface area contributed by atoms with Gasteiger partial charge in [0.1, 0.15) is 0 Å². The molecule has 26 heavy (non-hydrogen) atoms. The van der Waals surface area contributed by atoms with Crippen LogP contribution in [-0.2, 0) is 0 Å². The quantitative estimate of drug-likeness (QED) is 0.136. The van der Waals surface area contributed by atoms with Crippen molar-refractivity contribution < 1.29 is 33.8 Å². The molecule has 2 heterocycles. The Morgan fingerprint density at radius 1 is 0.577 bits per heavy atom. The second-order valence-corrected chi connectivity index (χ2v) is 18.8. The topological polar surface area (TPSA) is 25.8 Å². The summed E-state index contributed by atoms with van der Waals surface area (Å²) in [5.74, 6) is 0. The number of fused-ring (bicyclic) bond motifs is 2. The van der Waals surface area contributed by atoms with Gasteiger partial charge in [-0.05, 0) is 0 Å². The van der Waals surface area contributed by atoms with Crippen LogP contribution in [0.5, 0.6) is 0 Å². The fraction of sp³-hybridized carbons (Fsp3) is 0. The molecule has 3 aromatic rings. The van der Waals surface area contributed by atoms with E-state index in [0.717, 1.165) is 0 Å². The molecule has 20 heteroatoms. The fourth-order valence-electron chi connectivity index (χ4n) is 1.01. The summed E-state index contributed by atoms with van der Waals surface area (Å²) >= 11 is -16.3. The maximum absolute atomic E-state index is 11.2. The zero-order chi connectivity index (χ0) is 20.8. The maximum Gasteiger partial charge on any atom is 0.209 e. The van der Waals surface area contributed by atoms with E-state index in [2.05, 4.69) is 19.7 Å². The normalized spacial score (nSPS) is 17.7. The van der Waals surface area contributed by atoms with E-state index in [9.17, 15) is 33.8 Å². The summed E-state index contributed by atoms with van der Waals surface area (Å²) < 4.78 is 133. The molecule has 2 nitrogen and oxygen atoms in total.